The first kappa shape index (κ1) is 22.9. The van der Waals surface area contributed by atoms with Gasteiger partial charge in [-0.2, -0.15) is 0 Å². The van der Waals surface area contributed by atoms with Gasteiger partial charge < -0.3 is 14.9 Å². The molecule has 2 heterocycles. The molecule has 9 nitrogen and oxygen atoms in total. The van der Waals surface area contributed by atoms with E-state index in [0.29, 0.717) is 56.1 Å². The Kier molecular flexibility index (Phi) is 6.20. The molecule has 2 fully saturated rings. The van der Waals surface area contributed by atoms with E-state index < -0.39 is 21.3 Å². The molecule has 2 aliphatic rings. The van der Waals surface area contributed by atoms with Crippen molar-refractivity contribution in [1.82, 2.24) is 14.8 Å². The Morgan fingerprint density at radius 3 is 2.27 bits per heavy atom. The number of amidine groups is 1. The van der Waals surface area contributed by atoms with Crippen molar-refractivity contribution < 1.29 is 23.1 Å². The van der Waals surface area contributed by atoms with Gasteiger partial charge in [-0.15, -0.1) is 0 Å². The van der Waals surface area contributed by atoms with Gasteiger partial charge in [-0.05, 0) is 49.6 Å². The number of hydrogen-bond acceptors (Lipinski definition) is 6. The maximum Gasteiger partial charge on any atom is 0.331 e. The number of hydrogen-bond donors (Lipinski definition) is 1. The molecule has 1 aliphatic heterocycles. The summed E-state index contributed by atoms with van der Waals surface area (Å²) in [5.41, 5.74) is -0.193. The van der Waals surface area contributed by atoms with E-state index in [4.69, 9.17) is 0 Å². The summed E-state index contributed by atoms with van der Waals surface area (Å²) in [4.78, 5) is 37.7. The van der Waals surface area contributed by atoms with Crippen LogP contribution in [0.4, 0.5) is 0 Å². The fourth-order valence-electron chi connectivity index (χ4n) is 4.04. The van der Waals surface area contributed by atoms with Crippen molar-refractivity contribution in [1.29, 1.82) is 0 Å². The maximum atomic E-state index is 13.0. The first-order valence-corrected chi connectivity index (χ1v) is 12.7. The molecule has 1 aliphatic carbocycles. The molecular weight excluding hydrogens is 444 g/mol. The zero-order chi connectivity index (χ0) is 23.6. The molecule has 33 heavy (non-hydrogen) atoms. The van der Waals surface area contributed by atoms with E-state index in [0.717, 1.165) is 12.7 Å². The minimum absolute atomic E-state index is 0.107. The lowest BCUT2D eigenvalue weighted by Gasteiger charge is -2.39. The number of carboxylic acid groups (broad SMARTS) is 1. The molecule has 174 valence electrons. The number of aliphatic imine (C=N–C) groups is 1. The number of piperazine rings is 1. The predicted molar refractivity (Wildman–Crippen MR) is 122 cm³/mol. The van der Waals surface area contributed by atoms with Crippen LogP contribution in [0.5, 0.6) is 0 Å². The van der Waals surface area contributed by atoms with Crippen LogP contribution in [0.1, 0.15) is 35.3 Å². The zero-order valence-corrected chi connectivity index (χ0v) is 19.2. The molecule has 0 bridgehead atoms. The Morgan fingerprint density at radius 1 is 1.03 bits per heavy atom. The average Bonchev–Trinajstić information content (AvgIpc) is 2.78. The van der Waals surface area contributed by atoms with E-state index in [9.17, 15) is 23.1 Å². The number of amides is 1. The van der Waals surface area contributed by atoms with Crippen molar-refractivity contribution in [2.75, 3.05) is 32.4 Å². The van der Waals surface area contributed by atoms with Crippen LogP contribution in [0, 0.1) is 0 Å². The Hall–Kier alpha value is -3.27. The quantitative estimate of drug-likeness (QED) is 0.522. The topological polar surface area (TPSA) is 120 Å². The van der Waals surface area contributed by atoms with Gasteiger partial charge in [0.05, 0.1) is 4.90 Å². The molecule has 0 unspecified atom stereocenters. The van der Waals surface area contributed by atoms with E-state index in [2.05, 4.69) is 9.98 Å². The second-order valence-electron chi connectivity index (χ2n) is 8.42. The monoisotopic (exact) mass is 470 g/mol. The summed E-state index contributed by atoms with van der Waals surface area (Å²) in [7, 11) is -3.41. The highest BCUT2D eigenvalue weighted by Crippen LogP contribution is 2.37. The largest absolute Gasteiger partial charge is 0.479 e. The van der Waals surface area contributed by atoms with E-state index in [-0.39, 0.29) is 10.8 Å². The molecule has 1 N–H and O–H groups in total. The maximum absolute atomic E-state index is 13.0. The standard InChI is InChI=1S/C23H26N4O5S/c1-33(31,32)18-7-4-6-17(16-18)21(28)27-14-12-26(13-15-27)20(19-8-2-3-11-24-19)25-23(22(29)30)9-5-10-23/h2-4,6-8,11,16H,5,9-10,12-15H2,1H3,(H,29,30). The molecule has 1 aromatic heterocycles. The number of sulfone groups is 1. The number of rotatable bonds is 5. The summed E-state index contributed by atoms with van der Waals surface area (Å²) in [5, 5.41) is 9.76. The predicted octanol–water partition coefficient (Wildman–Crippen LogP) is 1.70. The first-order valence-electron chi connectivity index (χ1n) is 10.8. The highest BCUT2D eigenvalue weighted by Gasteiger charge is 2.45. The third kappa shape index (κ3) is 4.75. The van der Waals surface area contributed by atoms with Crippen LogP contribution < -0.4 is 0 Å². The van der Waals surface area contributed by atoms with Gasteiger partial charge in [0.1, 0.15) is 5.69 Å². The fraction of sp³-hybridized carbons (Fsp3) is 0.391. The second-order valence-corrected chi connectivity index (χ2v) is 10.4. The fourth-order valence-corrected chi connectivity index (χ4v) is 4.70. The molecular formula is C23H26N4O5S. The van der Waals surface area contributed by atoms with Crippen molar-refractivity contribution in [3.63, 3.8) is 0 Å². The average molecular weight is 471 g/mol. The highest BCUT2D eigenvalue weighted by molar-refractivity contribution is 7.90. The number of pyridine rings is 1. The summed E-state index contributed by atoms with van der Waals surface area (Å²) < 4.78 is 23.7. The molecule has 1 amide bonds. The van der Waals surface area contributed by atoms with Crippen LogP contribution in [0.2, 0.25) is 0 Å². The van der Waals surface area contributed by atoms with Crippen LogP contribution in [0.25, 0.3) is 0 Å². The molecule has 4 rings (SSSR count). The third-order valence-electron chi connectivity index (χ3n) is 6.17. The molecule has 1 saturated heterocycles. The van der Waals surface area contributed by atoms with Gasteiger partial charge in [-0.3, -0.25) is 9.78 Å². The Balaban J connectivity index is 1.54. The molecule has 2 aromatic rings. The van der Waals surface area contributed by atoms with E-state index in [1.165, 1.54) is 12.1 Å². The van der Waals surface area contributed by atoms with Crippen molar-refractivity contribution in [3.05, 3.63) is 59.9 Å². The Bertz CT molecular complexity index is 1180. The normalized spacial score (nSPS) is 18.5. The van der Waals surface area contributed by atoms with Crippen LogP contribution in [-0.2, 0) is 14.6 Å². The highest BCUT2D eigenvalue weighted by atomic mass is 32.2. The van der Waals surface area contributed by atoms with Gasteiger partial charge in [-0.1, -0.05) is 12.1 Å². The smallest absolute Gasteiger partial charge is 0.331 e. The Morgan fingerprint density at radius 2 is 1.73 bits per heavy atom. The minimum Gasteiger partial charge on any atom is -0.479 e. The van der Waals surface area contributed by atoms with Crippen molar-refractivity contribution in [2.24, 2.45) is 4.99 Å². The molecule has 0 atom stereocenters. The zero-order valence-electron chi connectivity index (χ0n) is 18.3. The Labute approximate surface area is 192 Å². The number of carbonyl (C=O) groups excluding carboxylic acids is 1. The third-order valence-corrected chi connectivity index (χ3v) is 7.28. The molecule has 0 radical (unpaired) electrons. The van der Waals surface area contributed by atoms with E-state index in [1.54, 1.807) is 35.4 Å². The van der Waals surface area contributed by atoms with Gasteiger partial charge in [0, 0.05) is 44.2 Å². The summed E-state index contributed by atoms with van der Waals surface area (Å²) in [5.74, 6) is -0.636. The van der Waals surface area contributed by atoms with Crippen molar-refractivity contribution >= 4 is 27.5 Å². The molecule has 1 aromatic carbocycles. The van der Waals surface area contributed by atoms with E-state index in [1.807, 2.05) is 11.0 Å². The van der Waals surface area contributed by atoms with Crippen LogP contribution >= 0.6 is 0 Å². The molecule has 0 spiro atoms. The summed E-state index contributed by atoms with van der Waals surface area (Å²) in [6.45, 7) is 1.72. The van der Waals surface area contributed by atoms with Crippen molar-refractivity contribution in [2.45, 2.75) is 29.7 Å². The summed E-state index contributed by atoms with van der Waals surface area (Å²) >= 11 is 0. The lowest BCUT2D eigenvalue weighted by Crippen LogP contribution is -2.53. The number of benzene rings is 1. The SMILES string of the molecule is CS(=O)(=O)c1cccc(C(=O)N2CCN(C(=NC3(C(=O)O)CCC3)c3ccccn3)CC2)c1. The van der Waals surface area contributed by atoms with Gasteiger partial charge in [0.15, 0.2) is 21.2 Å². The summed E-state index contributed by atoms with van der Waals surface area (Å²) in [6.07, 6.45) is 4.56. The van der Waals surface area contributed by atoms with Gasteiger partial charge in [0.2, 0.25) is 0 Å². The van der Waals surface area contributed by atoms with Gasteiger partial charge in [0.25, 0.3) is 5.91 Å². The second kappa shape index (κ2) is 8.93. The lowest BCUT2D eigenvalue weighted by atomic mass is 9.77. The minimum atomic E-state index is -3.41. The lowest BCUT2D eigenvalue weighted by molar-refractivity contribution is -0.146. The van der Waals surface area contributed by atoms with Crippen molar-refractivity contribution in [3.8, 4) is 0 Å². The van der Waals surface area contributed by atoms with Crippen LogP contribution in [-0.4, -0.2) is 84.0 Å². The van der Waals surface area contributed by atoms with Crippen LogP contribution in [0.3, 0.4) is 0 Å². The van der Waals surface area contributed by atoms with E-state index >= 15 is 0 Å². The van der Waals surface area contributed by atoms with Gasteiger partial charge >= 0.3 is 5.97 Å². The van der Waals surface area contributed by atoms with Gasteiger partial charge in [-0.25, -0.2) is 18.2 Å². The molecule has 10 heteroatoms. The first-order chi connectivity index (χ1) is 15.7. The number of carbonyl (C=O) groups is 2. The number of carboxylic acids is 1. The number of nitrogens with zero attached hydrogens (tertiary/aromatic N) is 4. The summed E-state index contributed by atoms with van der Waals surface area (Å²) in [6, 6.07) is 11.5. The number of aliphatic carboxylic acids is 1. The van der Waals surface area contributed by atoms with Crippen LogP contribution in [0.15, 0.2) is 58.5 Å². The number of aromatic nitrogens is 1. The molecule has 1 saturated carbocycles.